The highest BCUT2D eigenvalue weighted by Crippen LogP contribution is 2.30. The number of nitrogens with one attached hydrogen (secondary N) is 1. The third-order valence-electron chi connectivity index (χ3n) is 4.33. The Morgan fingerprint density at radius 2 is 2.04 bits per heavy atom. The van der Waals surface area contributed by atoms with Gasteiger partial charge in [-0.1, -0.05) is 6.07 Å². The number of rotatable bonds is 5. The molecule has 4 aromatic heterocycles. The van der Waals surface area contributed by atoms with Crippen LogP contribution in [-0.4, -0.2) is 20.4 Å². The predicted octanol–water partition coefficient (Wildman–Crippen LogP) is 4.04. The molecule has 0 bridgehead atoms. The van der Waals surface area contributed by atoms with E-state index in [0.29, 0.717) is 0 Å². The number of carbonyl (C=O) groups is 1. The maximum Gasteiger partial charge on any atom is 0.240 e. The molecule has 4 rings (SSSR count). The molecular formula is C20H18N4OS. The van der Waals surface area contributed by atoms with Gasteiger partial charge >= 0.3 is 0 Å². The summed E-state index contributed by atoms with van der Waals surface area (Å²) in [5.74, 6) is -0.0344. The van der Waals surface area contributed by atoms with E-state index in [4.69, 9.17) is 0 Å². The monoisotopic (exact) mass is 362 g/mol. The van der Waals surface area contributed by atoms with Gasteiger partial charge in [-0.15, -0.1) is 11.3 Å². The zero-order chi connectivity index (χ0) is 17.9. The SMILES string of the molecule is C[C@H](NC(=O)Cn1ccc2ccnc(-c3cccs3)c21)c1ccncc1. The fourth-order valence-electron chi connectivity index (χ4n) is 3.05. The maximum atomic E-state index is 12.6. The molecule has 1 N–H and O–H groups in total. The summed E-state index contributed by atoms with van der Waals surface area (Å²) in [6.45, 7) is 2.22. The van der Waals surface area contributed by atoms with Gasteiger partial charge in [0, 0.05) is 30.2 Å². The molecule has 6 heteroatoms. The van der Waals surface area contributed by atoms with Gasteiger partial charge in [-0.2, -0.15) is 0 Å². The summed E-state index contributed by atoms with van der Waals surface area (Å²) in [7, 11) is 0. The molecule has 0 aliphatic carbocycles. The molecule has 0 aromatic carbocycles. The summed E-state index contributed by atoms with van der Waals surface area (Å²) < 4.78 is 1.96. The number of pyridine rings is 2. The third-order valence-corrected chi connectivity index (χ3v) is 5.21. The predicted molar refractivity (Wildman–Crippen MR) is 104 cm³/mol. The molecule has 0 fully saturated rings. The quantitative estimate of drug-likeness (QED) is 0.583. The van der Waals surface area contributed by atoms with Crippen molar-refractivity contribution in [1.82, 2.24) is 19.9 Å². The van der Waals surface area contributed by atoms with E-state index in [-0.39, 0.29) is 18.5 Å². The number of nitrogens with zero attached hydrogens (tertiary/aromatic N) is 3. The molecule has 26 heavy (non-hydrogen) atoms. The minimum atomic E-state index is -0.0674. The van der Waals surface area contributed by atoms with Crippen molar-refractivity contribution in [2.24, 2.45) is 0 Å². The number of amides is 1. The van der Waals surface area contributed by atoms with Gasteiger partial charge in [0.05, 0.1) is 16.4 Å². The molecule has 5 nitrogen and oxygen atoms in total. The van der Waals surface area contributed by atoms with E-state index < -0.39 is 0 Å². The van der Waals surface area contributed by atoms with Crippen molar-refractivity contribution in [3.63, 3.8) is 0 Å². The number of carbonyl (C=O) groups excluding carboxylic acids is 1. The zero-order valence-corrected chi connectivity index (χ0v) is 15.1. The Morgan fingerprint density at radius 3 is 2.81 bits per heavy atom. The molecule has 1 atom stereocenters. The van der Waals surface area contributed by atoms with Gasteiger partial charge in [0.1, 0.15) is 12.2 Å². The largest absolute Gasteiger partial charge is 0.348 e. The standard InChI is InChI=1S/C20H18N4OS/c1-14(15-4-8-21-9-5-15)23-18(25)13-24-11-7-16-6-10-22-19(20(16)24)17-3-2-12-26-17/h2-12,14H,13H2,1H3,(H,23,25)/t14-/m0/s1. The molecule has 0 spiro atoms. The Balaban J connectivity index is 1.59. The molecule has 0 saturated heterocycles. The van der Waals surface area contributed by atoms with Crippen LogP contribution in [0.15, 0.2) is 66.6 Å². The summed E-state index contributed by atoms with van der Waals surface area (Å²) in [4.78, 5) is 22.2. The fourth-order valence-corrected chi connectivity index (χ4v) is 3.77. The van der Waals surface area contributed by atoms with Crippen molar-refractivity contribution in [3.05, 3.63) is 72.1 Å². The number of hydrogen-bond acceptors (Lipinski definition) is 4. The van der Waals surface area contributed by atoms with Crippen LogP contribution in [0.2, 0.25) is 0 Å². The summed E-state index contributed by atoms with van der Waals surface area (Å²) in [5, 5.41) is 6.16. The molecule has 4 aromatic rings. The first-order valence-corrected chi connectivity index (χ1v) is 9.27. The van der Waals surface area contributed by atoms with E-state index in [1.807, 2.05) is 59.6 Å². The lowest BCUT2D eigenvalue weighted by molar-refractivity contribution is -0.122. The van der Waals surface area contributed by atoms with Crippen LogP contribution >= 0.6 is 11.3 Å². The fraction of sp³-hybridized carbons (Fsp3) is 0.150. The first-order valence-electron chi connectivity index (χ1n) is 8.39. The Kier molecular flexibility index (Phi) is 4.50. The summed E-state index contributed by atoms with van der Waals surface area (Å²) in [5.41, 5.74) is 2.94. The second-order valence-electron chi connectivity index (χ2n) is 6.09. The van der Waals surface area contributed by atoms with Crippen LogP contribution in [0.3, 0.4) is 0 Å². The molecule has 130 valence electrons. The Labute approximate surface area is 155 Å². The minimum absolute atomic E-state index is 0.0344. The first-order chi connectivity index (χ1) is 12.7. The van der Waals surface area contributed by atoms with E-state index in [2.05, 4.69) is 21.4 Å². The molecule has 4 heterocycles. The van der Waals surface area contributed by atoms with Gasteiger partial charge in [-0.05, 0) is 48.2 Å². The highest BCUT2D eigenvalue weighted by atomic mass is 32.1. The molecule has 0 radical (unpaired) electrons. The topological polar surface area (TPSA) is 59.8 Å². The highest BCUT2D eigenvalue weighted by Gasteiger charge is 2.14. The van der Waals surface area contributed by atoms with E-state index in [0.717, 1.165) is 27.0 Å². The molecular weight excluding hydrogens is 344 g/mol. The molecule has 0 unspecified atom stereocenters. The van der Waals surface area contributed by atoms with E-state index >= 15 is 0 Å². The van der Waals surface area contributed by atoms with Crippen LogP contribution in [-0.2, 0) is 11.3 Å². The first kappa shape index (κ1) is 16.5. The molecule has 0 saturated carbocycles. The third kappa shape index (κ3) is 3.23. The van der Waals surface area contributed by atoms with Crippen LogP contribution in [0.4, 0.5) is 0 Å². The van der Waals surface area contributed by atoms with Gasteiger partial charge in [-0.25, -0.2) is 0 Å². The van der Waals surface area contributed by atoms with E-state index in [9.17, 15) is 4.79 Å². The van der Waals surface area contributed by atoms with Crippen molar-refractivity contribution < 1.29 is 4.79 Å². The van der Waals surface area contributed by atoms with Crippen LogP contribution in [0.5, 0.6) is 0 Å². The highest BCUT2D eigenvalue weighted by molar-refractivity contribution is 7.13. The van der Waals surface area contributed by atoms with Gasteiger partial charge in [0.2, 0.25) is 5.91 Å². The average Bonchev–Trinajstić information content (AvgIpc) is 3.33. The Bertz CT molecular complexity index is 1020. The number of fused-ring (bicyclic) bond motifs is 1. The number of hydrogen-bond donors (Lipinski definition) is 1. The van der Waals surface area contributed by atoms with Gasteiger partial charge in [0.25, 0.3) is 0 Å². The summed E-state index contributed by atoms with van der Waals surface area (Å²) in [6.07, 6.45) is 7.22. The van der Waals surface area contributed by atoms with Crippen molar-refractivity contribution >= 4 is 28.1 Å². The van der Waals surface area contributed by atoms with E-state index in [1.54, 1.807) is 23.7 Å². The molecule has 1 amide bonds. The van der Waals surface area contributed by atoms with Crippen molar-refractivity contribution in [2.45, 2.75) is 19.5 Å². The second kappa shape index (κ2) is 7.09. The average molecular weight is 362 g/mol. The lowest BCUT2D eigenvalue weighted by atomic mass is 10.1. The summed E-state index contributed by atoms with van der Waals surface area (Å²) in [6, 6.07) is 11.8. The van der Waals surface area contributed by atoms with Crippen LogP contribution in [0, 0.1) is 0 Å². The minimum Gasteiger partial charge on any atom is -0.348 e. The Hall–Kier alpha value is -2.99. The second-order valence-corrected chi connectivity index (χ2v) is 7.04. The normalized spacial score (nSPS) is 12.2. The smallest absolute Gasteiger partial charge is 0.240 e. The van der Waals surface area contributed by atoms with Gasteiger partial charge in [-0.3, -0.25) is 14.8 Å². The lowest BCUT2D eigenvalue weighted by Crippen LogP contribution is -2.30. The van der Waals surface area contributed by atoms with Gasteiger partial charge in [0.15, 0.2) is 0 Å². The number of aromatic nitrogens is 3. The van der Waals surface area contributed by atoms with Crippen molar-refractivity contribution in [3.8, 4) is 10.6 Å². The van der Waals surface area contributed by atoms with E-state index in [1.165, 1.54) is 0 Å². The van der Waals surface area contributed by atoms with Crippen LogP contribution < -0.4 is 5.32 Å². The molecule has 0 aliphatic heterocycles. The van der Waals surface area contributed by atoms with Crippen molar-refractivity contribution in [2.75, 3.05) is 0 Å². The maximum absolute atomic E-state index is 12.6. The van der Waals surface area contributed by atoms with Crippen LogP contribution in [0.25, 0.3) is 21.5 Å². The lowest BCUT2D eigenvalue weighted by Gasteiger charge is -2.15. The van der Waals surface area contributed by atoms with Crippen LogP contribution in [0.1, 0.15) is 18.5 Å². The Morgan fingerprint density at radius 1 is 1.19 bits per heavy atom. The van der Waals surface area contributed by atoms with Gasteiger partial charge < -0.3 is 9.88 Å². The number of thiophene rings is 1. The van der Waals surface area contributed by atoms with Crippen molar-refractivity contribution in [1.29, 1.82) is 0 Å². The summed E-state index contributed by atoms with van der Waals surface area (Å²) >= 11 is 1.65. The molecule has 0 aliphatic rings. The zero-order valence-electron chi connectivity index (χ0n) is 14.3.